The molecule has 2 aliphatic rings. The summed E-state index contributed by atoms with van der Waals surface area (Å²) in [7, 11) is -3.72. The molecule has 10 heteroatoms. The standard InChI is InChI=1S/C20H25N5O3S2/c1-29-16-5-6-18-17(15-16)19(26)25(30(18,27)28)10-3-2-9-23-11-13-24(14-12-23)20-21-7-4-8-22-20/h4-8,15H,2-3,9-14H2,1H3. The fourth-order valence-corrected chi connectivity index (χ4v) is 5.86. The Bertz CT molecular complexity index is 1010. The lowest BCUT2D eigenvalue weighted by molar-refractivity contribution is 0.0868. The molecule has 1 fully saturated rings. The number of hydrogen-bond acceptors (Lipinski definition) is 8. The molecule has 0 unspecified atom stereocenters. The lowest BCUT2D eigenvalue weighted by Crippen LogP contribution is -2.47. The quantitative estimate of drug-likeness (QED) is 0.470. The first-order chi connectivity index (χ1) is 14.5. The van der Waals surface area contributed by atoms with Gasteiger partial charge in [0.05, 0.1) is 5.56 Å². The van der Waals surface area contributed by atoms with E-state index in [1.54, 1.807) is 30.6 Å². The summed E-state index contributed by atoms with van der Waals surface area (Å²) in [6.45, 7) is 4.69. The van der Waals surface area contributed by atoms with Gasteiger partial charge in [-0.25, -0.2) is 22.7 Å². The fraction of sp³-hybridized carbons (Fsp3) is 0.450. The number of fused-ring (bicyclic) bond motifs is 1. The van der Waals surface area contributed by atoms with Crippen molar-refractivity contribution in [3.63, 3.8) is 0 Å². The maximum atomic E-state index is 12.7. The van der Waals surface area contributed by atoms with Gasteiger partial charge in [0.25, 0.3) is 15.9 Å². The first-order valence-corrected chi connectivity index (χ1v) is 12.7. The van der Waals surface area contributed by atoms with Gasteiger partial charge in [-0.05, 0) is 49.9 Å². The molecule has 30 heavy (non-hydrogen) atoms. The Kier molecular flexibility index (Phi) is 6.26. The van der Waals surface area contributed by atoms with Crippen molar-refractivity contribution in [3.8, 4) is 0 Å². The monoisotopic (exact) mass is 447 g/mol. The third-order valence-corrected chi connectivity index (χ3v) is 8.07. The molecule has 0 saturated carbocycles. The van der Waals surface area contributed by atoms with Gasteiger partial charge in [0.15, 0.2) is 0 Å². The first kappa shape index (κ1) is 21.1. The molecular weight excluding hydrogens is 422 g/mol. The Hall–Kier alpha value is -2.17. The van der Waals surface area contributed by atoms with Gasteiger partial charge in [-0.15, -0.1) is 11.8 Å². The van der Waals surface area contributed by atoms with Crippen LogP contribution in [-0.2, 0) is 10.0 Å². The molecule has 1 aromatic heterocycles. The van der Waals surface area contributed by atoms with Crippen LogP contribution in [0.25, 0.3) is 0 Å². The number of carbonyl (C=O) groups is 1. The highest BCUT2D eigenvalue weighted by molar-refractivity contribution is 7.98. The highest BCUT2D eigenvalue weighted by Gasteiger charge is 2.40. The molecule has 0 radical (unpaired) electrons. The van der Waals surface area contributed by atoms with E-state index in [1.807, 2.05) is 12.3 Å². The average Bonchev–Trinajstić information content (AvgIpc) is 2.97. The van der Waals surface area contributed by atoms with E-state index in [2.05, 4.69) is 19.8 Å². The Morgan fingerprint density at radius 1 is 1.03 bits per heavy atom. The van der Waals surface area contributed by atoms with E-state index in [4.69, 9.17) is 0 Å². The van der Waals surface area contributed by atoms with Crippen molar-refractivity contribution in [2.75, 3.05) is 50.4 Å². The number of sulfonamides is 1. The molecule has 0 atom stereocenters. The molecule has 4 rings (SSSR count). The van der Waals surface area contributed by atoms with Crippen molar-refractivity contribution < 1.29 is 13.2 Å². The molecule has 1 amide bonds. The second kappa shape index (κ2) is 8.91. The van der Waals surface area contributed by atoms with Crippen LogP contribution in [0.5, 0.6) is 0 Å². The summed E-state index contributed by atoms with van der Waals surface area (Å²) in [5.74, 6) is 0.358. The van der Waals surface area contributed by atoms with E-state index in [0.717, 1.165) is 54.3 Å². The molecular formula is C20H25N5O3S2. The first-order valence-electron chi connectivity index (χ1n) is 10.00. The summed E-state index contributed by atoms with van der Waals surface area (Å²) in [6.07, 6.45) is 6.90. The fourth-order valence-electron chi connectivity index (χ4n) is 3.83. The molecule has 3 heterocycles. The Morgan fingerprint density at radius 3 is 2.43 bits per heavy atom. The van der Waals surface area contributed by atoms with Crippen LogP contribution in [0.15, 0.2) is 46.5 Å². The average molecular weight is 448 g/mol. The topological polar surface area (TPSA) is 86.7 Å². The van der Waals surface area contributed by atoms with Crippen molar-refractivity contribution in [1.29, 1.82) is 0 Å². The van der Waals surface area contributed by atoms with Gasteiger partial charge >= 0.3 is 0 Å². The smallest absolute Gasteiger partial charge is 0.269 e. The summed E-state index contributed by atoms with van der Waals surface area (Å²) in [5, 5.41) is 0. The molecule has 160 valence electrons. The summed E-state index contributed by atoms with van der Waals surface area (Å²) in [5.41, 5.74) is 0.293. The number of anilines is 1. The van der Waals surface area contributed by atoms with E-state index in [0.29, 0.717) is 12.0 Å². The third kappa shape index (κ3) is 4.17. The van der Waals surface area contributed by atoms with Crippen molar-refractivity contribution >= 4 is 33.6 Å². The summed E-state index contributed by atoms with van der Waals surface area (Å²) in [4.78, 5) is 26.8. The van der Waals surface area contributed by atoms with Gasteiger partial charge in [-0.3, -0.25) is 9.69 Å². The second-order valence-corrected chi connectivity index (χ2v) is 10.0. The zero-order valence-electron chi connectivity index (χ0n) is 16.9. The zero-order chi connectivity index (χ0) is 21.1. The Labute approximate surface area is 181 Å². The molecule has 0 bridgehead atoms. The van der Waals surface area contributed by atoms with E-state index in [1.165, 1.54) is 11.8 Å². The number of piperazine rings is 1. The number of rotatable bonds is 7. The molecule has 1 saturated heterocycles. The number of benzene rings is 1. The largest absolute Gasteiger partial charge is 0.338 e. The maximum absolute atomic E-state index is 12.7. The number of nitrogens with zero attached hydrogens (tertiary/aromatic N) is 5. The molecule has 8 nitrogen and oxygen atoms in total. The summed E-state index contributed by atoms with van der Waals surface area (Å²) >= 11 is 1.49. The Balaban J connectivity index is 1.26. The number of hydrogen-bond donors (Lipinski definition) is 0. The SMILES string of the molecule is CSc1ccc2c(c1)C(=O)N(CCCCN1CCN(c3ncccn3)CC1)S2(=O)=O. The predicted octanol–water partition coefficient (Wildman–Crippen LogP) is 1.95. The van der Waals surface area contributed by atoms with Crippen molar-refractivity contribution in [2.24, 2.45) is 0 Å². The number of carbonyl (C=O) groups excluding carboxylic acids is 1. The van der Waals surface area contributed by atoms with Crippen LogP contribution >= 0.6 is 11.8 Å². The molecule has 2 aliphatic heterocycles. The van der Waals surface area contributed by atoms with Crippen LogP contribution in [0, 0.1) is 0 Å². The predicted molar refractivity (Wildman–Crippen MR) is 116 cm³/mol. The van der Waals surface area contributed by atoms with Crippen LogP contribution in [-0.4, -0.2) is 79.0 Å². The highest BCUT2D eigenvalue weighted by atomic mass is 32.2. The summed E-state index contributed by atoms with van der Waals surface area (Å²) < 4.78 is 26.5. The van der Waals surface area contributed by atoms with Crippen LogP contribution in [0.1, 0.15) is 23.2 Å². The van der Waals surface area contributed by atoms with E-state index in [-0.39, 0.29) is 11.4 Å². The Morgan fingerprint density at radius 2 is 1.73 bits per heavy atom. The molecule has 1 aromatic carbocycles. The summed E-state index contributed by atoms with van der Waals surface area (Å²) in [6, 6.07) is 6.78. The van der Waals surface area contributed by atoms with Gasteiger partial charge in [0.2, 0.25) is 5.95 Å². The van der Waals surface area contributed by atoms with Gasteiger partial charge in [0.1, 0.15) is 4.90 Å². The zero-order valence-corrected chi connectivity index (χ0v) is 18.5. The molecule has 0 aliphatic carbocycles. The second-order valence-electron chi connectivity index (χ2n) is 7.33. The molecule has 0 N–H and O–H groups in total. The van der Waals surface area contributed by atoms with Crippen LogP contribution in [0.2, 0.25) is 0 Å². The van der Waals surface area contributed by atoms with Crippen molar-refractivity contribution in [1.82, 2.24) is 19.2 Å². The maximum Gasteiger partial charge on any atom is 0.269 e. The highest BCUT2D eigenvalue weighted by Crippen LogP contribution is 2.33. The molecule has 2 aromatic rings. The van der Waals surface area contributed by atoms with Gasteiger partial charge in [-0.1, -0.05) is 0 Å². The minimum Gasteiger partial charge on any atom is -0.338 e. The number of thioether (sulfide) groups is 1. The lowest BCUT2D eigenvalue weighted by Gasteiger charge is -2.34. The number of unbranched alkanes of at least 4 members (excludes halogenated alkanes) is 1. The van der Waals surface area contributed by atoms with Gasteiger partial charge < -0.3 is 4.90 Å². The van der Waals surface area contributed by atoms with E-state index in [9.17, 15) is 13.2 Å². The van der Waals surface area contributed by atoms with Crippen LogP contribution in [0.3, 0.4) is 0 Å². The van der Waals surface area contributed by atoms with Crippen LogP contribution < -0.4 is 4.90 Å². The third-order valence-electron chi connectivity index (χ3n) is 5.50. The number of amides is 1. The van der Waals surface area contributed by atoms with Crippen molar-refractivity contribution in [3.05, 3.63) is 42.2 Å². The van der Waals surface area contributed by atoms with E-state index >= 15 is 0 Å². The van der Waals surface area contributed by atoms with Crippen molar-refractivity contribution in [2.45, 2.75) is 22.6 Å². The van der Waals surface area contributed by atoms with Gasteiger partial charge in [-0.2, -0.15) is 0 Å². The minimum atomic E-state index is -3.72. The van der Waals surface area contributed by atoms with Gasteiger partial charge in [0, 0.05) is 50.0 Å². The lowest BCUT2D eigenvalue weighted by atomic mass is 10.2. The number of aromatic nitrogens is 2. The molecule has 0 spiro atoms. The van der Waals surface area contributed by atoms with E-state index < -0.39 is 15.9 Å². The minimum absolute atomic E-state index is 0.129. The normalized spacial score (nSPS) is 18.6. The van der Waals surface area contributed by atoms with Crippen LogP contribution in [0.4, 0.5) is 5.95 Å².